The first-order chi connectivity index (χ1) is 28.0. The number of carbonyl (C=O) groups is 2. The first-order valence-corrected chi connectivity index (χ1v) is 23.5. The van der Waals surface area contributed by atoms with Gasteiger partial charge in [0, 0.05) is 12.8 Å². The molecule has 7 aromatic carbocycles. The standard InChI is InChI=1S/C51H48O4P2/c1-2-54-49(52)51(50(53)55-42-24-10-3-11-25-42,38-40-56(43-26-12-4-13-27-43,44-28-14-5-15-29-44)45-30-16-6-17-31-45)39-41-57(46-32-18-7-19-33-46,47-34-20-8-21-35-47)48-36-22-9-23-37-48/h3-37H,2,38-41H2,1H3/q+2. The molecule has 0 aliphatic carbocycles. The lowest BCUT2D eigenvalue weighted by atomic mass is 9.82. The molecule has 284 valence electrons. The van der Waals surface area contributed by atoms with E-state index in [1.54, 1.807) is 19.1 Å². The van der Waals surface area contributed by atoms with Crippen molar-refractivity contribution in [3.8, 4) is 5.75 Å². The van der Waals surface area contributed by atoms with Gasteiger partial charge in [0.1, 0.15) is 52.1 Å². The van der Waals surface area contributed by atoms with Crippen molar-refractivity contribution in [3.63, 3.8) is 0 Å². The minimum atomic E-state index is -2.48. The van der Waals surface area contributed by atoms with Crippen LogP contribution in [0.2, 0.25) is 0 Å². The van der Waals surface area contributed by atoms with Crippen LogP contribution in [0.3, 0.4) is 0 Å². The summed E-state index contributed by atoms with van der Waals surface area (Å²) in [5, 5.41) is 7.06. The molecule has 0 amide bonds. The Morgan fingerprint density at radius 3 is 0.930 bits per heavy atom. The molecule has 0 heterocycles. The predicted octanol–water partition coefficient (Wildman–Crippen LogP) is 8.91. The minimum Gasteiger partial charge on any atom is -0.465 e. The number of esters is 2. The third kappa shape index (κ3) is 8.26. The van der Waals surface area contributed by atoms with Crippen LogP contribution in [0, 0.1) is 5.41 Å². The molecule has 4 nitrogen and oxygen atoms in total. The number of rotatable bonds is 16. The Morgan fingerprint density at radius 1 is 0.404 bits per heavy atom. The van der Waals surface area contributed by atoms with Gasteiger partial charge in [0.2, 0.25) is 0 Å². The molecule has 0 atom stereocenters. The van der Waals surface area contributed by atoms with Crippen LogP contribution in [-0.4, -0.2) is 30.9 Å². The predicted molar refractivity (Wildman–Crippen MR) is 240 cm³/mol. The molecule has 0 spiro atoms. The van der Waals surface area contributed by atoms with Gasteiger partial charge < -0.3 is 9.47 Å². The summed E-state index contributed by atoms with van der Waals surface area (Å²) in [6, 6.07) is 72.6. The fourth-order valence-electron chi connectivity index (χ4n) is 8.06. The number of hydrogen-bond donors (Lipinski definition) is 0. The first-order valence-electron chi connectivity index (χ1n) is 19.6. The van der Waals surface area contributed by atoms with E-state index in [0.717, 1.165) is 0 Å². The van der Waals surface area contributed by atoms with Crippen LogP contribution in [0.5, 0.6) is 5.75 Å². The second kappa shape index (κ2) is 18.5. The second-order valence-electron chi connectivity index (χ2n) is 14.1. The van der Waals surface area contributed by atoms with Gasteiger partial charge in [-0.15, -0.1) is 0 Å². The van der Waals surface area contributed by atoms with Crippen LogP contribution < -0.4 is 36.6 Å². The minimum absolute atomic E-state index is 0.131. The summed E-state index contributed by atoms with van der Waals surface area (Å²) < 4.78 is 12.3. The highest BCUT2D eigenvalue weighted by atomic mass is 31.2. The van der Waals surface area contributed by atoms with Crippen LogP contribution in [0.4, 0.5) is 0 Å². The number of ether oxygens (including phenoxy) is 2. The Balaban J connectivity index is 1.44. The molecule has 0 saturated carbocycles. The largest absolute Gasteiger partial charge is 0.465 e. The average Bonchev–Trinajstić information content (AvgIpc) is 3.28. The van der Waals surface area contributed by atoms with E-state index in [1.165, 1.54) is 31.8 Å². The average molecular weight is 787 g/mol. The molecule has 0 aromatic heterocycles. The lowest BCUT2D eigenvalue weighted by molar-refractivity contribution is -0.167. The molecule has 0 fully saturated rings. The zero-order valence-electron chi connectivity index (χ0n) is 32.3. The molecule has 0 N–H and O–H groups in total. The van der Waals surface area contributed by atoms with E-state index in [1.807, 2.05) is 54.6 Å². The molecule has 0 bridgehead atoms. The molecule has 57 heavy (non-hydrogen) atoms. The van der Waals surface area contributed by atoms with Gasteiger partial charge in [-0.25, -0.2) is 0 Å². The van der Waals surface area contributed by atoms with Gasteiger partial charge in [-0.05, 0) is 91.9 Å². The molecule has 0 aliphatic heterocycles. The third-order valence-corrected chi connectivity index (χ3v) is 19.8. The number of hydrogen-bond acceptors (Lipinski definition) is 4. The zero-order valence-corrected chi connectivity index (χ0v) is 34.1. The van der Waals surface area contributed by atoms with Gasteiger partial charge in [0.25, 0.3) is 0 Å². The van der Waals surface area contributed by atoms with Crippen molar-refractivity contribution in [2.24, 2.45) is 5.41 Å². The van der Waals surface area contributed by atoms with Gasteiger partial charge >= 0.3 is 11.9 Å². The van der Waals surface area contributed by atoms with Crippen molar-refractivity contribution in [1.82, 2.24) is 0 Å². The zero-order chi connectivity index (χ0) is 39.4. The smallest absolute Gasteiger partial charge is 0.329 e. The Morgan fingerprint density at radius 2 is 0.667 bits per heavy atom. The maximum Gasteiger partial charge on any atom is 0.329 e. The number of benzene rings is 7. The summed E-state index contributed by atoms with van der Waals surface area (Å²) in [5.41, 5.74) is -1.65. The number of carbonyl (C=O) groups excluding carboxylic acids is 2. The lowest BCUT2D eigenvalue weighted by Crippen LogP contribution is -2.47. The van der Waals surface area contributed by atoms with Crippen LogP contribution in [0.25, 0.3) is 0 Å². The van der Waals surface area contributed by atoms with Crippen LogP contribution in [0.1, 0.15) is 19.8 Å². The van der Waals surface area contributed by atoms with E-state index in [4.69, 9.17) is 9.47 Å². The topological polar surface area (TPSA) is 52.6 Å². The van der Waals surface area contributed by atoms with Gasteiger partial charge in [-0.2, -0.15) is 0 Å². The Hall–Kier alpha value is -5.66. The summed E-state index contributed by atoms with van der Waals surface area (Å²) >= 11 is 0. The summed E-state index contributed by atoms with van der Waals surface area (Å²) in [7, 11) is -4.95. The maximum atomic E-state index is 15.3. The van der Waals surface area contributed by atoms with Gasteiger partial charge in [-0.3, -0.25) is 9.59 Å². The summed E-state index contributed by atoms with van der Waals surface area (Å²) in [6.07, 6.45) is 1.48. The SMILES string of the molecule is CCOC(=O)C(CC[P+](c1ccccc1)(c1ccccc1)c1ccccc1)(CC[P+](c1ccccc1)(c1ccccc1)c1ccccc1)C(=O)Oc1ccccc1. The Kier molecular flexibility index (Phi) is 12.9. The highest BCUT2D eigenvalue weighted by Gasteiger charge is 2.57. The van der Waals surface area contributed by atoms with Gasteiger partial charge in [0.05, 0.1) is 18.9 Å². The van der Waals surface area contributed by atoms with Crippen LogP contribution >= 0.6 is 14.5 Å². The van der Waals surface area contributed by atoms with Gasteiger partial charge in [0.15, 0.2) is 5.41 Å². The Labute approximate surface area is 338 Å². The van der Waals surface area contributed by atoms with E-state index in [-0.39, 0.29) is 19.4 Å². The molecule has 0 unspecified atom stereocenters. The molecular weight excluding hydrogens is 739 g/mol. The molecular formula is C51H48O4P2+2. The molecule has 7 aromatic rings. The number of para-hydroxylation sites is 1. The third-order valence-electron chi connectivity index (χ3n) is 10.9. The van der Waals surface area contributed by atoms with E-state index < -0.39 is 31.9 Å². The van der Waals surface area contributed by atoms with Crippen molar-refractivity contribution in [2.75, 3.05) is 18.9 Å². The maximum absolute atomic E-state index is 15.3. The van der Waals surface area contributed by atoms with Crippen molar-refractivity contribution in [2.45, 2.75) is 19.8 Å². The molecule has 0 aliphatic rings. The Bertz CT molecular complexity index is 1980. The van der Waals surface area contributed by atoms with E-state index in [2.05, 4.69) is 146 Å². The van der Waals surface area contributed by atoms with Crippen LogP contribution in [-0.2, 0) is 14.3 Å². The van der Waals surface area contributed by atoms with E-state index >= 15 is 9.59 Å². The lowest BCUT2D eigenvalue weighted by Gasteiger charge is -2.35. The van der Waals surface area contributed by atoms with Crippen molar-refractivity contribution >= 4 is 58.3 Å². The highest BCUT2D eigenvalue weighted by molar-refractivity contribution is 7.96. The summed E-state index contributed by atoms with van der Waals surface area (Å²) in [4.78, 5) is 30.4. The summed E-state index contributed by atoms with van der Waals surface area (Å²) in [5.74, 6) is -0.751. The second-order valence-corrected chi connectivity index (χ2v) is 21.3. The first kappa shape index (κ1) is 39.6. The molecule has 0 radical (unpaired) electrons. The highest BCUT2D eigenvalue weighted by Crippen LogP contribution is 2.60. The van der Waals surface area contributed by atoms with Crippen LogP contribution in [0.15, 0.2) is 212 Å². The van der Waals surface area contributed by atoms with E-state index in [9.17, 15) is 0 Å². The molecule has 0 saturated heterocycles. The van der Waals surface area contributed by atoms with Gasteiger partial charge in [-0.1, -0.05) is 127 Å². The van der Waals surface area contributed by atoms with Crippen molar-refractivity contribution < 1.29 is 19.1 Å². The molecule has 7 rings (SSSR count). The van der Waals surface area contributed by atoms with E-state index in [0.29, 0.717) is 18.1 Å². The fraction of sp³-hybridized carbons (Fsp3) is 0.137. The normalized spacial score (nSPS) is 11.7. The monoisotopic (exact) mass is 786 g/mol. The fourth-order valence-corrected chi connectivity index (χ4v) is 16.9. The quantitative estimate of drug-likeness (QED) is 0.0425. The van der Waals surface area contributed by atoms with Crippen molar-refractivity contribution in [1.29, 1.82) is 0 Å². The molecule has 6 heteroatoms. The summed E-state index contributed by atoms with van der Waals surface area (Å²) in [6.45, 7) is 1.93. The van der Waals surface area contributed by atoms with Crippen molar-refractivity contribution in [3.05, 3.63) is 212 Å².